The van der Waals surface area contributed by atoms with E-state index < -0.39 is 0 Å². The topological polar surface area (TPSA) is 33.1 Å². The average Bonchev–Trinajstić information content (AvgIpc) is 2.90. The molecular weight excluding hydrogens is 284 g/mol. The van der Waals surface area contributed by atoms with Crippen LogP contribution in [0.2, 0.25) is 0 Å². The summed E-state index contributed by atoms with van der Waals surface area (Å²) in [4.78, 5) is 6.93. The molecule has 0 aliphatic carbocycles. The summed E-state index contributed by atoms with van der Waals surface area (Å²) in [5.41, 5.74) is 3.84. The third-order valence-corrected chi connectivity index (χ3v) is 4.97. The van der Waals surface area contributed by atoms with Crippen LogP contribution in [0.4, 0.5) is 0 Å². The molecule has 1 aliphatic heterocycles. The number of likely N-dealkylation sites (tertiary alicyclic amines) is 1. The lowest BCUT2D eigenvalue weighted by Gasteiger charge is -2.32. The number of rotatable bonds is 6. The molecule has 0 radical (unpaired) electrons. The Morgan fingerprint density at radius 2 is 1.87 bits per heavy atom. The van der Waals surface area contributed by atoms with Crippen molar-refractivity contribution in [1.82, 2.24) is 19.8 Å². The van der Waals surface area contributed by atoms with Gasteiger partial charge in [-0.1, -0.05) is 30.3 Å². The van der Waals surface area contributed by atoms with E-state index in [2.05, 4.69) is 63.9 Å². The predicted octanol–water partition coefficient (Wildman–Crippen LogP) is 2.75. The zero-order valence-electron chi connectivity index (χ0n) is 14.3. The van der Waals surface area contributed by atoms with Crippen LogP contribution in [0.25, 0.3) is 0 Å². The molecular formula is C19H28N4. The number of benzene rings is 1. The van der Waals surface area contributed by atoms with Gasteiger partial charge in [-0.3, -0.25) is 4.90 Å². The maximum absolute atomic E-state index is 4.36. The Kier molecular flexibility index (Phi) is 5.47. The molecule has 124 valence electrons. The van der Waals surface area contributed by atoms with Gasteiger partial charge in [-0.05, 0) is 45.3 Å². The fourth-order valence-electron chi connectivity index (χ4n) is 3.30. The molecule has 1 aromatic carbocycles. The number of aromatic nitrogens is 2. The lowest BCUT2D eigenvalue weighted by atomic mass is 10.0. The lowest BCUT2D eigenvalue weighted by molar-refractivity contribution is 0.190. The van der Waals surface area contributed by atoms with E-state index >= 15 is 0 Å². The second-order valence-electron chi connectivity index (χ2n) is 6.60. The maximum atomic E-state index is 4.36. The van der Waals surface area contributed by atoms with Gasteiger partial charge in [-0.2, -0.15) is 0 Å². The van der Waals surface area contributed by atoms with Crippen molar-refractivity contribution in [3.8, 4) is 0 Å². The largest absolute Gasteiger partial charge is 0.333 e. The van der Waals surface area contributed by atoms with Crippen LogP contribution in [0.3, 0.4) is 0 Å². The summed E-state index contributed by atoms with van der Waals surface area (Å²) in [7, 11) is 0. The van der Waals surface area contributed by atoms with Crippen molar-refractivity contribution >= 4 is 0 Å². The summed E-state index contributed by atoms with van der Waals surface area (Å²) < 4.78 is 2.24. The van der Waals surface area contributed by atoms with Crippen molar-refractivity contribution in [1.29, 1.82) is 0 Å². The number of hydrogen-bond acceptors (Lipinski definition) is 3. The molecule has 23 heavy (non-hydrogen) atoms. The van der Waals surface area contributed by atoms with Gasteiger partial charge in [0.1, 0.15) is 0 Å². The molecule has 4 nitrogen and oxygen atoms in total. The molecule has 3 rings (SSSR count). The Bertz CT molecular complexity index is 597. The van der Waals surface area contributed by atoms with E-state index in [1.54, 1.807) is 0 Å². The second kappa shape index (κ2) is 7.75. The van der Waals surface area contributed by atoms with E-state index in [9.17, 15) is 0 Å². The highest BCUT2D eigenvalue weighted by Gasteiger charge is 2.18. The van der Waals surface area contributed by atoms with E-state index in [4.69, 9.17) is 0 Å². The third kappa shape index (κ3) is 4.43. The first-order valence-electron chi connectivity index (χ1n) is 8.70. The first kappa shape index (κ1) is 16.2. The molecule has 0 amide bonds. The van der Waals surface area contributed by atoms with Gasteiger partial charge in [0.25, 0.3) is 0 Å². The first-order valence-corrected chi connectivity index (χ1v) is 8.70. The molecule has 1 fully saturated rings. The van der Waals surface area contributed by atoms with Gasteiger partial charge >= 0.3 is 0 Å². The molecule has 1 aliphatic rings. The van der Waals surface area contributed by atoms with Crippen molar-refractivity contribution in [3.05, 3.63) is 53.6 Å². The van der Waals surface area contributed by atoms with E-state index in [1.807, 2.05) is 6.33 Å². The quantitative estimate of drug-likeness (QED) is 0.890. The number of hydrogen-bond donors (Lipinski definition) is 1. The predicted molar refractivity (Wildman–Crippen MR) is 94.4 cm³/mol. The van der Waals surface area contributed by atoms with Crippen LogP contribution in [-0.2, 0) is 13.1 Å². The monoisotopic (exact) mass is 312 g/mol. The van der Waals surface area contributed by atoms with Gasteiger partial charge in [0.05, 0.1) is 12.0 Å². The van der Waals surface area contributed by atoms with Crippen molar-refractivity contribution in [3.63, 3.8) is 0 Å². The molecule has 1 N–H and O–H groups in total. The Morgan fingerprint density at radius 1 is 1.13 bits per heavy atom. The molecule has 1 saturated heterocycles. The minimum atomic E-state index is 0.659. The third-order valence-electron chi connectivity index (χ3n) is 4.97. The lowest BCUT2D eigenvalue weighted by Crippen LogP contribution is -2.43. The van der Waals surface area contributed by atoms with Gasteiger partial charge in [-0.25, -0.2) is 4.98 Å². The standard InChI is InChI=1S/C19H28N4/c1-16-17(2)23(15-21-16)13-10-20-19-8-11-22(12-9-19)14-18-6-4-3-5-7-18/h3-7,15,19-20H,8-14H2,1-2H3. The van der Waals surface area contributed by atoms with Crippen LogP contribution in [0.5, 0.6) is 0 Å². The van der Waals surface area contributed by atoms with Crippen molar-refractivity contribution < 1.29 is 0 Å². The van der Waals surface area contributed by atoms with Crippen LogP contribution in [0, 0.1) is 13.8 Å². The van der Waals surface area contributed by atoms with Crippen LogP contribution in [0.1, 0.15) is 29.8 Å². The highest BCUT2D eigenvalue weighted by molar-refractivity contribution is 5.14. The van der Waals surface area contributed by atoms with Crippen molar-refractivity contribution in [2.24, 2.45) is 0 Å². The van der Waals surface area contributed by atoms with Gasteiger partial charge in [0, 0.05) is 31.4 Å². The van der Waals surface area contributed by atoms with Crippen LogP contribution >= 0.6 is 0 Å². The Balaban J connectivity index is 1.37. The highest BCUT2D eigenvalue weighted by atomic mass is 15.1. The molecule has 0 spiro atoms. The average molecular weight is 312 g/mol. The number of imidazole rings is 1. The molecule has 2 aromatic rings. The van der Waals surface area contributed by atoms with Crippen molar-refractivity contribution in [2.75, 3.05) is 19.6 Å². The minimum Gasteiger partial charge on any atom is -0.333 e. The summed E-state index contributed by atoms with van der Waals surface area (Å²) in [6.07, 6.45) is 4.44. The fourth-order valence-corrected chi connectivity index (χ4v) is 3.30. The zero-order chi connectivity index (χ0) is 16.1. The molecule has 0 saturated carbocycles. The maximum Gasteiger partial charge on any atom is 0.0951 e. The van der Waals surface area contributed by atoms with Crippen molar-refractivity contribution in [2.45, 2.75) is 45.8 Å². The normalized spacial score (nSPS) is 16.8. The Hall–Kier alpha value is -1.65. The molecule has 0 bridgehead atoms. The molecule has 2 heterocycles. The summed E-state index contributed by atoms with van der Waals surface area (Å²) in [5.74, 6) is 0. The van der Waals surface area contributed by atoms with Crippen LogP contribution in [0.15, 0.2) is 36.7 Å². The van der Waals surface area contributed by atoms with Gasteiger partial charge in [0.15, 0.2) is 0 Å². The SMILES string of the molecule is Cc1ncn(CCNC2CCN(Cc3ccccc3)CC2)c1C. The van der Waals surface area contributed by atoms with E-state index in [1.165, 1.54) is 37.2 Å². The Morgan fingerprint density at radius 3 is 2.52 bits per heavy atom. The summed E-state index contributed by atoms with van der Waals surface area (Å²) in [6.45, 7) is 9.72. The summed E-state index contributed by atoms with van der Waals surface area (Å²) in [5, 5.41) is 3.72. The fraction of sp³-hybridized carbons (Fsp3) is 0.526. The first-order chi connectivity index (χ1) is 11.2. The zero-order valence-corrected chi connectivity index (χ0v) is 14.3. The minimum absolute atomic E-state index is 0.659. The van der Waals surface area contributed by atoms with Gasteiger partial charge in [0.2, 0.25) is 0 Å². The van der Waals surface area contributed by atoms with Gasteiger partial charge < -0.3 is 9.88 Å². The number of nitrogens with zero attached hydrogens (tertiary/aromatic N) is 3. The number of piperidine rings is 1. The molecule has 0 unspecified atom stereocenters. The van der Waals surface area contributed by atoms with Gasteiger partial charge in [-0.15, -0.1) is 0 Å². The summed E-state index contributed by atoms with van der Waals surface area (Å²) in [6, 6.07) is 11.4. The van der Waals surface area contributed by atoms with E-state index in [0.717, 1.165) is 25.3 Å². The smallest absolute Gasteiger partial charge is 0.0951 e. The number of nitrogens with one attached hydrogen (secondary N) is 1. The number of aryl methyl sites for hydroxylation is 1. The van der Waals surface area contributed by atoms with E-state index in [0.29, 0.717) is 6.04 Å². The van der Waals surface area contributed by atoms with Crippen LogP contribution < -0.4 is 5.32 Å². The highest BCUT2D eigenvalue weighted by Crippen LogP contribution is 2.14. The second-order valence-corrected chi connectivity index (χ2v) is 6.60. The molecule has 0 atom stereocenters. The summed E-state index contributed by atoms with van der Waals surface area (Å²) >= 11 is 0. The van der Waals surface area contributed by atoms with E-state index in [-0.39, 0.29) is 0 Å². The van der Waals surface area contributed by atoms with Crippen LogP contribution in [-0.4, -0.2) is 40.1 Å². The molecule has 4 heteroatoms. The Labute approximate surface area is 139 Å². The molecule has 1 aromatic heterocycles.